The zero-order chi connectivity index (χ0) is 15.2. The SMILES string of the molecule is CCC1CCCN(c2cccc(F)c2/C=C/C(=O)O)CC1. The highest BCUT2D eigenvalue weighted by molar-refractivity contribution is 5.87. The molecule has 0 bridgehead atoms. The highest BCUT2D eigenvalue weighted by Crippen LogP contribution is 2.29. The van der Waals surface area contributed by atoms with Gasteiger partial charge in [0.25, 0.3) is 0 Å². The van der Waals surface area contributed by atoms with Crippen LogP contribution in [0.2, 0.25) is 0 Å². The third kappa shape index (κ3) is 4.06. The summed E-state index contributed by atoms with van der Waals surface area (Å²) in [4.78, 5) is 12.9. The normalized spacial score (nSPS) is 19.7. The third-order valence-corrected chi connectivity index (χ3v) is 4.19. The Morgan fingerprint density at radius 1 is 1.43 bits per heavy atom. The topological polar surface area (TPSA) is 40.5 Å². The van der Waals surface area contributed by atoms with E-state index in [1.54, 1.807) is 6.07 Å². The molecule has 3 nitrogen and oxygen atoms in total. The van der Waals surface area contributed by atoms with Crippen LogP contribution in [-0.2, 0) is 4.79 Å². The van der Waals surface area contributed by atoms with E-state index >= 15 is 0 Å². The van der Waals surface area contributed by atoms with Gasteiger partial charge < -0.3 is 10.0 Å². The smallest absolute Gasteiger partial charge is 0.328 e. The first-order chi connectivity index (χ1) is 10.1. The summed E-state index contributed by atoms with van der Waals surface area (Å²) in [6.45, 7) is 4.01. The third-order valence-electron chi connectivity index (χ3n) is 4.19. The van der Waals surface area contributed by atoms with Crippen molar-refractivity contribution in [2.45, 2.75) is 32.6 Å². The lowest BCUT2D eigenvalue weighted by Crippen LogP contribution is -2.25. The van der Waals surface area contributed by atoms with Crippen molar-refractivity contribution in [3.8, 4) is 0 Å². The second-order valence-electron chi connectivity index (χ2n) is 5.54. The molecule has 21 heavy (non-hydrogen) atoms. The Morgan fingerprint density at radius 2 is 2.24 bits per heavy atom. The first-order valence-corrected chi connectivity index (χ1v) is 7.56. The molecule has 2 rings (SSSR count). The molecule has 114 valence electrons. The second-order valence-corrected chi connectivity index (χ2v) is 5.54. The molecule has 0 aliphatic carbocycles. The molecule has 1 fully saturated rings. The largest absolute Gasteiger partial charge is 0.478 e. The van der Waals surface area contributed by atoms with E-state index in [1.807, 2.05) is 6.07 Å². The summed E-state index contributed by atoms with van der Waals surface area (Å²) < 4.78 is 14.0. The molecule has 1 unspecified atom stereocenters. The van der Waals surface area contributed by atoms with Crippen LogP contribution in [0, 0.1) is 11.7 Å². The van der Waals surface area contributed by atoms with Crippen molar-refractivity contribution < 1.29 is 14.3 Å². The summed E-state index contributed by atoms with van der Waals surface area (Å²) >= 11 is 0. The summed E-state index contributed by atoms with van der Waals surface area (Å²) in [5.41, 5.74) is 1.17. The monoisotopic (exact) mass is 291 g/mol. The molecule has 4 heteroatoms. The number of halogens is 1. The van der Waals surface area contributed by atoms with Gasteiger partial charge in [-0.05, 0) is 43.4 Å². The molecule has 1 aliphatic rings. The molecule has 1 atom stereocenters. The van der Waals surface area contributed by atoms with Crippen LogP contribution >= 0.6 is 0 Å². The minimum atomic E-state index is -1.06. The Bertz CT molecular complexity index is 528. The molecule has 1 aromatic carbocycles. The predicted octanol–water partition coefficient (Wildman–Crippen LogP) is 3.94. The Morgan fingerprint density at radius 3 is 2.95 bits per heavy atom. The Labute approximate surface area is 125 Å². The van der Waals surface area contributed by atoms with E-state index in [-0.39, 0.29) is 5.82 Å². The maximum atomic E-state index is 14.0. The number of hydrogen-bond acceptors (Lipinski definition) is 2. The van der Waals surface area contributed by atoms with E-state index in [2.05, 4.69) is 11.8 Å². The number of nitrogens with zero attached hydrogens (tertiary/aromatic N) is 1. The van der Waals surface area contributed by atoms with Crippen LogP contribution < -0.4 is 4.90 Å². The van der Waals surface area contributed by atoms with Crippen LogP contribution in [0.1, 0.15) is 38.2 Å². The van der Waals surface area contributed by atoms with Crippen molar-refractivity contribution in [1.29, 1.82) is 0 Å². The van der Waals surface area contributed by atoms with Gasteiger partial charge in [0.2, 0.25) is 0 Å². The lowest BCUT2D eigenvalue weighted by Gasteiger charge is -2.25. The van der Waals surface area contributed by atoms with Gasteiger partial charge in [-0.1, -0.05) is 19.4 Å². The van der Waals surface area contributed by atoms with Crippen LogP contribution in [-0.4, -0.2) is 24.2 Å². The number of rotatable bonds is 4. The van der Waals surface area contributed by atoms with Gasteiger partial charge in [0.1, 0.15) is 5.82 Å². The number of carbonyl (C=O) groups is 1. The number of hydrogen-bond donors (Lipinski definition) is 1. The number of benzene rings is 1. The molecule has 1 heterocycles. The highest BCUT2D eigenvalue weighted by Gasteiger charge is 2.18. The molecular formula is C17H22FNO2. The van der Waals surface area contributed by atoms with Gasteiger partial charge in [0.15, 0.2) is 0 Å². The fourth-order valence-electron chi connectivity index (χ4n) is 2.94. The van der Waals surface area contributed by atoms with Gasteiger partial charge >= 0.3 is 5.97 Å². The summed E-state index contributed by atoms with van der Waals surface area (Å²) in [6, 6.07) is 4.93. The fraction of sp³-hybridized carbons (Fsp3) is 0.471. The van der Waals surface area contributed by atoms with Gasteiger partial charge in [-0.15, -0.1) is 0 Å². The standard InChI is InChI=1S/C17H22FNO2/c1-2-13-5-4-11-19(12-10-13)16-7-3-6-15(18)14(16)8-9-17(20)21/h3,6-9,13H,2,4-5,10-12H2,1H3,(H,20,21)/b9-8+. The summed E-state index contributed by atoms with van der Waals surface area (Å²) in [5, 5.41) is 8.76. The Kier molecular flexibility index (Phi) is 5.37. The molecule has 0 saturated carbocycles. The second kappa shape index (κ2) is 7.25. The summed E-state index contributed by atoms with van der Waals surface area (Å²) in [6.07, 6.45) is 6.95. The quantitative estimate of drug-likeness (QED) is 0.854. The molecule has 0 radical (unpaired) electrons. The lowest BCUT2D eigenvalue weighted by molar-refractivity contribution is -0.131. The van der Waals surface area contributed by atoms with Gasteiger partial charge in [0.05, 0.1) is 0 Å². The van der Waals surface area contributed by atoms with Crippen LogP contribution in [0.4, 0.5) is 10.1 Å². The van der Waals surface area contributed by atoms with E-state index in [9.17, 15) is 9.18 Å². The van der Waals surface area contributed by atoms with Gasteiger partial charge in [-0.3, -0.25) is 0 Å². The highest BCUT2D eigenvalue weighted by atomic mass is 19.1. The van der Waals surface area contributed by atoms with E-state index in [1.165, 1.54) is 25.0 Å². The number of anilines is 1. The predicted molar refractivity (Wildman–Crippen MR) is 82.9 cm³/mol. The van der Waals surface area contributed by atoms with E-state index < -0.39 is 5.97 Å². The Hall–Kier alpha value is -1.84. The molecule has 1 saturated heterocycles. The molecule has 1 aliphatic heterocycles. The molecule has 1 N–H and O–H groups in total. The van der Waals surface area contributed by atoms with Crippen molar-refractivity contribution in [3.63, 3.8) is 0 Å². The summed E-state index contributed by atoms with van der Waals surface area (Å²) in [5.74, 6) is -0.700. The maximum absolute atomic E-state index is 14.0. The van der Waals surface area contributed by atoms with Crippen molar-refractivity contribution in [2.75, 3.05) is 18.0 Å². The summed E-state index contributed by atoms with van der Waals surface area (Å²) in [7, 11) is 0. The van der Waals surface area contributed by atoms with Gasteiger partial charge in [0, 0.05) is 30.4 Å². The first kappa shape index (κ1) is 15.5. The molecule has 0 spiro atoms. The van der Waals surface area contributed by atoms with Gasteiger partial charge in [-0.2, -0.15) is 0 Å². The fourth-order valence-corrected chi connectivity index (χ4v) is 2.94. The van der Waals surface area contributed by atoms with Gasteiger partial charge in [-0.25, -0.2) is 9.18 Å². The number of carboxylic acid groups (broad SMARTS) is 1. The zero-order valence-electron chi connectivity index (χ0n) is 12.4. The number of aliphatic carboxylic acids is 1. The molecule has 0 aromatic heterocycles. The van der Waals surface area contributed by atoms with Crippen molar-refractivity contribution in [1.82, 2.24) is 0 Å². The zero-order valence-corrected chi connectivity index (χ0v) is 12.4. The van der Waals surface area contributed by atoms with Crippen molar-refractivity contribution in [2.24, 2.45) is 5.92 Å². The maximum Gasteiger partial charge on any atom is 0.328 e. The average molecular weight is 291 g/mol. The van der Waals surface area contributed by atoms with E-state index in [0.717, 1.165) is 43.6 Å². The minimum absolute atomic E-state index is 0.370. The first-order valence-electron chi connectivity index (χ1n) is 7.56. The molecular weight excluding hydrogens is 269 g/mol. The average Bonchev–Trinajstić information content (AvgIpc) is 2.70. The van der Waals surface area contributed by atoms with Crippen molar-refractivity contribution in [3.05, 3.63) is 35.7 Å². The lowest BCUT2D eigenvalue weighted by atomic mass is 9.98. The minimum Gasteiger partial charge on any atom is -0.478 e. The Balaban J connectivity index is 2.26. The molecule has 1 aromatic rings. The van der Waals surface area contributed by atoms with Crippen molar-refractivity contribution >= 4 is 17.7 Å². The van der Waals surface area contributed by atoms with Crippen LogP contribution in [0.3, 0.4) is 0 Å². The molecule has 0 amide bonds. The number of carboxylic acids is 1. The van der Waals surface area contributed by atoms with E-state index in [0.29, 0.717) is 5.56 Å². The van der Waals surface area contributed by atoms with E-state index in [4.69, 9.17) is 5.11 Å². The van der Waals surface area contributed by atoms with Crippen LogP contribution in [0.25, 0.3) is 6.08 Å². The van der Waals surface area contributed by atoms with Crippen LogP contribution in [0.5, 0.6) is 0 Å². The van der Waals surface area contributed by atoms with Crippen LogP contribution in [0.15, 0.2) is 24.3 Å².